The smallest absolute Gasteiger partial charge is 0.0707 e. The predicted molar refractivity (Wildman–Crippen MR) is 89.7 cm³/mol. The van der Waals surface area contributed by atoms with Crippen LogP contribution in [0.1, 0.15) is 65.7 Å². The van der Waals surface area contributed by atoms with Gasteiger partial charge in [-0.15, -0.1) is 0 Å². The summed E-state index contributed by atoms with van der Waals surface area (Å²) in [7, 11) is 0. The van der Waals surface area contributed by atoms with Gasteiger partial charge in [-0.2, -0.15) is 0 Å². The first kappa shape index (κ1) is 17.2. The molecule has 1 heterocycles. The molecule has 2 fully saturated rings. The van der Waals surface area contributed by atoms with E-state index in [1.807, 2.05) is 0 Å². The molecule has 2 aliphatic rings. The molecule has 0 aromatic carbocycles. The minimum absolute atomic E-state index is 0.443. The molecule has 1 saturated carbocycles. The van der Waals surface area contributed by atoms with Gasteiger partial charge in [0, 0.05) is 19.1 Å². The quantitative estimate of drug-likeness (QED) is 0.742. The van der Waals surface area contributed by atoms with Crippen molar-refractivity contribution in [2.45, 2.75) is 84.0 Å². The van der Waals surface area contributed by atoms with Gasteiger partial charge in [-0.25, -0.2) is 0 Å². The van der Waals surface area contributed by atoms with Crippen LogP contribution >= 0.6 is 0 Å². The van der Waals surface area contributed by atoms with E-state index in [2.05, 4.69) is 31.0 Å². The molecule has 0 amide bonds. The first-order valence-corrected chi connectivity index (χ1v) is 9.29. The zero-order valence-electron chi connectivity index (χ0n) is 14.4. The number of likely N-dealkylation sites (N-methyl/N-ethyl adjacent to an activating group) is 1. The molecule has 0 aromatic rings. The van der Waals surface area contributed by atoms with Crippen molar-refractivity contribution in [3.63, 3.8) is 0 Å². The molecule has 2 atom stereocenters. The largest absolute Gasteiger partial charge is 0.372 e. The summed E-state index contributed by atoms with van der Waals surface area (Å²) in [4.78, 5) is 2.69. The van der Waals surface area contributed by atoms with E-state index in [1.54, 1.807) is 0 Å². The predicted octanol–water partition coefficient (Wildman–Crippen LogP) is 3.43. The summed E-state index contributed by atoms with van der Waals surface area (Å²) in [6.07, 6.45) is 10.5. The molecule has 124 valence electrons. The zero-order valence-corrected chi connectivity index (χ0v) is 14.4. The van der Waals surface area contributed by atoms with E-state index in [9.17, 15) is 0 Å². The third-order valence-electron chi connectivity index (χ3n) is 5.06. The van der Waals surface area contributed by atoms with Crippen LogP contribution in [0.25, 0.3) is 0 Å². The SMILES string of the molecule is CCN(CC1CCC(CNCC(C)C)O1)C1CCCCC1. The van der Waals surface area contributed by atoms with Gasteiger partial charge in [-0.05, 0) is 44.7 Å². The van der Waals surface area contributed by atoms with Crippen molar-refractivity contribution in [2.75, 3.05) is 26.2 Å². The fraction of sp³-hybridized carbons (Fsp3) is 1.00. The lowest BCUT2D eigenvalue weighted by Crippen LogP contribution is -2.41. The first-order chi connectivity index (χ1) is 10.2. The molecule has 21 heavy (non-hydrogen) atoms. The Kier molecular flexibility index (Phi) is 7.48. The summed E-state index contributed by atoms with van der Waals surface area (Å²) >= 11 is 0. The average Bonchev–Trinajstić information content (AvgIpc) is 2.93. The number of nitrogens with zero attached hydrogens (tertiary/aromatic N) is 1. The molecular weight excluding hydrogens is 260 g/mol. The lowest BCUT2D eigenvalue weighted by Gasteiger charge is -2.35. The van der Waals surface area contributed by atoms with Gasteiger partial charge in [0.05, 0.1) is 12.2 Å². The van der Waals surface area contributed by atoms with Crippen LogP contribution in [0, 0.1) is 5.92 Å². The third-order valence-corrected chi connectivity index (χ3v) is 5.06. The van der Waals surface area contributed by atoms with Crippen LogP contribution < -0.4 is 5.32 Å². The van der Waals surface area contributed by atoms with Crippen molar-refractivity contribution < 1.29 is 4.74 Å². The summed E-state index contributed by atoms with van der Waals surface area (Å²) in [5.41, 5.74) is 0. The van der Waals surface area contributed by atoms with Gasteiger partial charge in [-0.3, -0.25) is 4.90 Å². The molecular formula is C18H36N2O. The molecule has 1 aliphatic carbocycles. The molecule has 3 nitrogen and oxygen atoms in total. The molecule has 3 heteroatoms. The summed E-state index contributed by atoms with van der Waals surface area (Å²) in [5.74, 6) is 0.726. The number of hydrogen-bond acceptors (Lipinski definition) is 3. The summed E-state index contributed by atoms with van der Waals surface area (Å²) in [6.45, 7) is 11.3. The van der Waals surface area contributed by atoms with Crippen LogP contribution in [0.4, 0.5) is 0 Å². The molecule has 0 spiro atoms. The minimum Gasteiger partial charge on any atom is -0.372 e. The normalized spacial score (nSPS) is 27.9. The minimum atomic E-state index is 0.443. The van der Waals surface area contributed by atoms with Crippen molar-refractivity contribution in [1.29, 1.82) is 0 Å². The maximum atomic E-state index is 6.26. The van der Waals surface area contributed by atoms with Gasteiger partial charge < -0.3 is 10.1 Å². The maximum absolute atomic E-state index is 6.26. The maximum Gasteiger partial charge on any atom is 0.0707 e. The zero-order chi connectivity index (χ0) is 15.1. The summed E-state index contributed by atoms with van der Waals surface area (Å²) in [6, 6.07) is 0.825. The Labute approximate surface area is 131 Å². The second-order valence-electron chi connectivity index (χ2n) is 7.39. The summed E-state index contributed by atoms with van der Waals surface area (Å²) < 4.78 is 6.26. The number of rotatable bonds is 8. The highest BCUT2D eigenvalue weighted by Gasteiger charge is 2.29. The highest BCUT2D eigenvalue weighted by molar-refractivity contribution is 4.82. The number of ether oxygens (including phenoxy) is 1. The molecule has 2 unspecified atom stereocenters. The van der Waals surface area contributed by atoms with Gasteiger partial charge in [0.15, 0.2) is 0 Å². The van der Waals surface area contributed by atoms with Crippen LogP contribution in [-0.2, 0) is 4.74 Å². The van der Waals surface area contributed by atoms with E-state index >= 15 is 0 Å². The van der Waals surface area contributed by atoms with Gasteiger partial charge in [-0.1, -0.05) is 40.0 Å². The summed E-state index contributed by atoms with van der Waals surface area (Å²) in [5, 5.41) is 3.54. The van der Waals surface area contributed by atoms with Gasteiger partial charge in [0.2, 0.25) is 0 Å². The van der Waals surface area contributed by atoms with E-state index in [1.165, 1.54) is 51.5 Å². The lowest BCUT2D eigenvalue weighted by atomic mass is 9.94. The molecule has 0 bridgehead atoms. The Bertz CT molecular complexity index is 276. The molecule has 2 rings (SSSR count). The van der Waals surface area contributed by atoms with Crippen molar-refractivity contribution in [3.8, 4) is 0 Å². The average molecular weight is 296 g/mol. The second-order valence-corrected chi connectivity index (χ2v) is 7.39. The van der Waals surface area contributed by atoms with Crippen LogP contribution in [0.5, 0.6) is 0 Å². The fourth-order valence-corrected chi connectivity index (χ4v) is 3.84. The van der Waals surface area contributed by atoms with Crippen molar-refractivity contribution >= 4 is 0 Å². The van der Waals surface area contributed by atoms with Crippen molar-refractivity contribution in [3.05, 3.63) is 0 Å². The van der Waals surface area contributed by atoms with E-state index in [-0.39, 0.29) is 0 Å². The fourth-order valence-electron chi connectivity index (χ4n) is 3.84. The first-order valence-electron chi connectivity index (χ1n) is 9.29. The Morgan fingerprint density at radius 1 is 1.05 bits per heavy atom. The van der Waals surface area contributed by atoms with Gasteiger partial charge >= 0.3 is 0 Å². The van der Waals surface area contributed by atoms with E-state index in [0.717, 1.165) is 31.6 Å². The Morgan fingerprint density at radius 3 is 2.43 bits per heavy atom. The van der Waals surface area contributed by atoms with Crippen molar-refractivity contribution in [1.82, 2.24) is 10.2 Å². The number of hydrogen-bond donors (Lipinski definition) is 1. The Balaban J connectivity index is 1.68. The molecule has 1 aliphatic heterocycles. The molecule has 0 radical (unpaired) electrons. The van der Waals surface area contributed by atoms with Crippen LogP contribution in [-0.4, -0.2) is 49.3 Å². The standard InChI is InChI=1S/C18H36N2O/c1-4-20(16-8-6-5-7-9-16)14-18-11-10-17(21-18)13-19-12-15(2)3/h15-19H,4-14H2,1-3H3. The van der Waals surface area contributed by atoms with Crippen molar-refractivity contribution in [2.24, 2.45) is 5.92 Å². The topological polar surface area (TPSA) is 24.5 Å². The number of nitrogens with one attached hydrogen (secondary N) is 1. The Morgan fingerprint density at radius 2 is 1.76 bits per heavy atom. The Hall–Kier alpha value is -0.120. The monoisotopic (exact) mass is 296 g/mol. The second kappa shape index (κ2) is 9.12. The van der Waals surface area contributed by atoms with Gasteiger partial charge in [0.25, 0.3) is 0 Å². The highest BCUT2D eigenvalue weighted by Crippen LogP contribution is 2.25. The van der Waals surface area contributed by atoms with E-state index in [0.29, 0.717) is 12.2 Å². The van der Waals surface area contributed by atoms with Crippen LogP contribution in [0.2, 0.25) is 0 Å². The van der Waals surface area contributed by atoms with Crippen LogP contribution in [0.3, 0.4) is 0 Å². The third kappa shape index (κ3) is 5.88. The highest BCUT2D eigenvalue weighted by atomic mass is 16.5. The van der Waals surface area contributed by atoms with E-state index < -0.39 is 0 Å². The van der Waals surface area contributed by atoms with Crippen LogP contribution in [0.15, 0.2) is 0 Å². The molecule has 1 N–H and O–H groups in total. The van der Waals surface area contributed by atoms with Gasteiger partial charge in [0.1, 0.15) is 0 Å². The molecule has 0 aromatic heterocycles. The lowest BCUT2D eigenvalue weighted by molar-refractivity contribution is 0.0113. The van der Waals surface area contributed by atoms with E-state index in [4.69, 9.17) is 4.74 Å². The molecule has 1 saturated heterocycles.